The third kappa shape index (κ3) is 2.83. The van der Waals surface area contributed by atoms with E-state index in [2.05, 4.69) is 5.16 Å². The summed E-state index contributed by atoms with van der Waals surface area (Å²) in [6.45, 7) is 1.16. The number of rotatable bonds is 4. The molecule has 0 bridgehead atoms. The van der Waals surface area contributed by atoms with Crippen molar-refractivity contribution in [3.8, 4) is 0 Å². The van der Waals surface area contributed by atoms with Gasteiger partial charge in [0.05, 0.1) is 0 Å². The van der Waals surface area contributed by atoms with Crippen molar-refractivity contribution in [3.63, 3.8) is 0 Å². The van der Waals surface area contributed by atoms with Crippen molar-refractivity contribution in [2.24, 2.45) is 5.16 Å². The van der Waals surface area contributed by atoms with Crippen molar-refractivity contribution in [1.82, 2.24) is 0 Å². The number of hydrogen-bond donors (Lipinski definition) is 1. The topological polar surface area (TPSA) is 76.0 Å². The van der Waals surface area contributed by atoms with Crippen molar-refractivity contribution in [3.05, 3.63) is 0 Å². The number of carboxylic acids is 1. The molecule has 1 N–H and O–H groups in total. The highest BCUT2D eigenvalue weighted by molar-refractivity contribution is 6.63. The van der Waals surface area contributed by atoms with E-state index < -0.39 is 17.5 Å². The predicted molar refractivity (Wildman–Crippen MR) is 49.1 cm³/mol. The predicted octanol–water partition coefficient (Wildman–Crippen LogP) is 0.975. The van der Waals surface area contributed by atoms with E-state index >= 15 is 0 Å². The van der Waals surface area contributed by atoms with E-state index in [1.807, 2.05) is 0 Å². The Labute approximate surface area is 81.7 Å². The minimum absolute atomic E-state index is 0.0244. The van der Waals surface area contributed by atoms with Crippen LogP contribution >= 0.6 is 0 Å². The zero-order chi connectivity index (χ0) is 10.6. The fourth-order valence-corrected chi connectivity index (χ4v) is 1.37. The summed E-state index contributed by atoms with van der Waals surface area (Å²) in [5.74, 6) is -1.93. The number of oxime groups is 1. The Morgan fingerprint density at radius 1 is 1.36 bits per heavy atom. The molecule has 0 aromatic carbocycles. The van der Waals surface area contributed by atoms with E-state index in [1.165, 1.54) is 0 Å². The molecular formula is C9H13NO4. The molecule has 0 unspecified atom stereocenters. The maximum Gasteiger partial charge on any atom is 0.361 e. The molecule has 1 fully saturated rings. The highest BCUT2D eigenvalue weighted by Crippen LogP contribution is 2.20. The van der Waals surface area contributed by atoms with E-state index in [0.29, 0.717) is 0 Å². The van der Waals surface area contributed by atoms with Gasteiger partial charge in [0.15, 0.2) is 5.78 Å². The molecule has 0 aromatic rings. The lowest BCUT2D eigenvalue weighted by Crippen LogP contribution is -2.22. The lowest BCUT2D eigenvalue weighted by atomic mass is 10.3. The van der Waals surface area contributed by atoms with Gasteiger partial charge in [0, 0.05) is 6.92 Å². The molecule has 1 rings (SSSR count). The van der Waals surface area contributed by atoms with Gasteiger partial charge < -0.3 is 9.94 Å². The van der Waals surface area contributed by atoms with Crippen LogP contribution in [-0.4, -0.2) is 28.7 Å². The molecule has 1 saturated carbocycles. The molecule has 1 aliphatic rings. The molecule has 78 valence electrons. The number of carbonyl (C=O) groups excluding carboxylic acids is 1. The number of ketones is 1. The molecule has 1 aliphatic carbocycles. The number of hydrogen-bond acceptors (Lipinski definition) is 4. The van der Waals surface area contributed by atoms with Crippen molar-refractivity contribution < 1.29 is 19.5 Å². The van der Waals surface area contributed by atoms with Crippen LogP contribution in [0.25, 0.3) is 0 Å². The van der Waals surface area contributed by atoms with Crippen molar-refractivity contribution in [2.75, 3.05) is 0 Å². The van der Waals surface area contributed by atoms with E-state index in [4.69, 9.17) is 9.94 Å². The second kappa shape index (κ2) is 4.74. The Morgan fingerprint density at radius 3 is 2.36 bits per heavy atom. The van der Waals surface area contributed by atoms with Gasteiger partial charge in [-0.05, 0) is 25.7 Å². The maximum atomic E-state index is 10.8. The van der Waals surface area contributed by atoms with Crippen LogP contribution < -0.4 is 0 Å². The number of aliphatic carboxylic acids is 1. The Balaban J connectivity index is 2.54. The van der Waals surface area contributed by atoms with E-state index in [9.17, 15) is 9.59 Å². The summed E-state index contributed by atoms with van der Waals surface area (Å²) in [6.07, 6.45) is 3.89. The van der Waals surface area contributed by atoms with Crippen LogP contribution in [0.3, 0.4) is 0 Å². The lowest BCUT2D eigenvalue weighted by Gasteiger charge is -2.06. The SMILES string of the molecule is CC(=O)/C(=N\OC1CCCC1)C(=O)O. The van der Waals surface area contributed by atoms with Crippen molar-refractivity contribution >= 4 is 17.5 Å². The molecule has 0 aliphatic heterocycles. The van der Waals surface area contributed by atoms with Crippen LogP contribution in [-0.2, 0) is 14.4 Å². The minimum atomic E-state index is -1.34. The quantitative estimate of drug-likeness (QED) is 0.416. The molecule has 5 heteroatoms. The second-order valence-corrected chi connectivity index (χ2v) is 3.31. The molecule has 0 atom stereocenters. The summed E-state index contributed by atoms with van der Waals surface area (Å²) in [5, 5.41) is 12.0. The monoisotopic (exact) mass is 199 g/mol. The van der Waals surface area contributed by atoms with Gasteiger partial charge in [-0.15, -0.1) is 0 Å². The number of Topliss-reactive ketones (excluding diaryl/α,β-unsaturated/α-hetero) is 1. The molecule has 0 amide bonds. The normalized spacial score (nSPS) is 18.2. The zero-order valence-corrected chi connectivity index (χ0v) is 8.02. The average molecular weight is 199 g/mol. The molecule has 14 heavy (non-hydrogen) atoms. The van der Waals surface area contributed by atoms with E-state index in [1.54, 1.807) is 0 Å². The van der Waals surface area contributed by atoms with Gasteiger partial charge in [-0.3, -0.25) is 4.79 Å². The smallest absolute Gasteiger partial charge is 0.361 e. The largest absolute Gasteiger partial charge is 0.476 e. The van der Waals surface area contributed by atoms with Crippen LogP contribution in [0.5, 0.6) is 0 Å². The first kappa shape index (κ1) is 10.7. The van der Waals surface area contributed by atoms with Crippen LogP contribution in [0, 0.1) is 0 Å². The zero-order valence-electron chi connectivity index (χ0n) is 8.02. The van der Waals surface area contributed by atoms with Gasteiger partial charge in [0.1, 0.15) is 6.10 Å². The van der Waals surface area contributed by atoms with Crippen molar-refractivity contribution in [1.29, 1.82) is 0 Å². The lowest BCUT2D eigenvalue weighted by molar-refractivity contribution is -0.130. The summed E-state index contributed by atoms with van der Waals surface area (Å²) in [6, 6.07) is 0. The third-order valence-corrected chi connectivity index (χ3v) is 2.13. The Kier molecular flexibility index (Phi) is 3.62. The first-order chi connectivity index (χ1) is 6.61. The van der Waals surface area contributed by atoms with Gasteiger partial charge in [0.2, 0.25) is 5.71 Å². The summed E-state index contributed by atoms with van der Waals surface area (Å²) >= 11 is 0. The first-order valence-electron chi connectivity index (χ1n) is 4.59. The van der Waals surface area contributed by atoms with Crippen LogP contribution in [0.15, 0.2) is 5.16 Å². The standard InChI is InChI=1S/C9H13NO4/c1-6(11)8(9(12)13)10-14-7-4-2-3-5-7/h7H,2-5H2,1H3,(H,12,13)/b10-8+. The molecule has 0 saturated heterocycles. The number of carbonyl (C=O) groups is 2. The maximum absolute atomic E-state index is 10.8. The van der Waals surface area contributed by atoms with Crippen molar-refractivity contribution in [2.45, 2.75) is 38.7 Å². The van der Waals surface area contributed by atoms with Gasteiger partial charge in [0.25, 0.3) is 0 Å². The highest BCUT2D eigenvalue weighted by atomic mass is 16.6. The second-order valence-electron chi connectivity index (χ2n) is 3.31. The molecular weight excluding hydrogens is 186 g/mol. The Hall–Kier alpha value is -1.39. The number of nitrogens with zero attached hydrogens (tertiary/aromatic N) is 1. The fraction of sp³-hybridized carbons (Fsp3) is 0.667. The summed E-state index contributed by atoms with van der Waals surface area (Å²) < 4.78 is 0. The first-order valence-corrected chi connectivity index (χ1v) is 4.59. The Morgan fingerprint density at radius 2 is 1.93 bits per heavy atom. The van der Waals surface area contributed by atoms with Crippen LogP contribution in [0.1, 0.15) is 32.6 Å². The molecule has 0 spiro atoms. The Bertz CT molecular complexity index is 250. The van der Waals surface area contributed by atoms with Gasteiger partial charge >= 0.3 is 5.97 Å². The summed E-state index contributed by atoms with van der Waals surface area (Å²) in [4.78, 5) is 26.3. The van der Waals surface area contributed by atoms with Crippen LogP contribution in [0.2, 0.25) is 0 Å². The average Bonchev–Trinajstić information content (AvgIpc) is 2.55. The molecule has 5 nitrogen and oxygen atoms in total. The van der Waals surface area contributed by atoms with Gasteiger partial charge in [-0.25, -0.2) is 4.79 Å². The third-order valence-electron chi connectivity index (χ3n) is 2.13. The summed E-state index contributed by atoms with van der Waals surface area (Å²) in [5.41, 5.74) is -0.531. The fourth-order valence-electron chi connectivity index (χ4n) is 1.37. The minimum Gasteiger partial charge on any atom is -0.476 e. The molecule has 0 radical (unpaired) electrons. The van der Waals surface area contributed by atoms with Crippen LogP contribution in [0.4, 0.5) is 0 Å². The van der Waals surface area contributed by atoms with Gasteiger partial charge in [-0.1, -0.05) is 5.16 Å². The number of carboxylic acid groups (broad SMARTS) is 1. The molecule has 0 heterocycles. The highest BCUT2D eigenvalue weighted by Gasteiger charge is 2.20. The van der Waals surface area contributed by atoms with Gasteiger partial charge in [-0.2, -0.15) is 0 Å². The van der Waals surface area contributed by atoms with E-state index in [0.717, 1.165) is 32.6 Å². The molecule has 0 aromatic heterocycles. The van der Waals surface area contributed by atoms with E-state index in [-0.39, 0.29) is 6.10 Å². The summed E-state index contributed by atoms with van der Waals surface area (Å²) in [7, 11) is 0.